The molecule has 2 N–H and O–H groups in total. The van der Waals surface area contributed by atoms with Gasteiger partial charge in [-0.05, 0) is 50.2 Å². The van der Waals surface area contributed by atoms with Crippen LogP contribution in [0.5, 0.6) is 0 Å². The molecule has 0 radical (unpaired) electrons. The molecule has 0 saturated carbocycles. The van der Waals surface area contributed by atoms with E-state index in [1.807, 2.05) is 0 Å². The van der Waals surface area contributed by atoms with Crippen LogP contribution in [0.15, 0.2) is 42.5 Å². The van der Waals surface area contributed by atoms with Gasteiger partial charge in [0.05, 0.1) is 23.6 Å². The fourth-order valence-electron chi connectivity index (χ4n) is 2.73. The van der Waals surface area contributed by atoms with Crippen molar-refractivity contribution in [2.45, 2.75) is 20.4 Å². The molecule has 0 saturated heterocycles. The number of amides is 2. The average molecular weight is 443 g/mol. The van der Waals surface area contributed by atoms with Gasteiger partial charge in [-0.3, -0.25) is 9.59 Å². The minimum Gasteiger partial charge on any atom is -0.462 e. The van der Waals surface area contributed by atoms with Crippen molar-refractivity contribution < 1.29 is 27.9 Å². The SMILES string of the molecule is CCOC(=O)c1ccc(NC(=O)Cn2nnc(C(=O)Nc3ccc(F)cc3F)c2C)cc1. The van der Waals surface area contributed by atoms with Crippen LogP contribution < -0.4 is 10.6 Å². The number of hydrogen-bond donors (Lipinski definition) is 2. The highest BCUT2D eigenvalue weighted by atomic mass is 19.1. The fraction of sp³-hybridized carbons (Fsp3) is 0.190. The standard InChI is InChI=1S/C21H19F2N5O4/c1-3-32-21(31)13-4-7-15(8-5-13)24-18(29)11-28-12(2)19(26-27-28)20(30)25-17-9-6-14(22)10-16(17)23/h4-10H,3,11H2,1-2H3,(H,24,29)(H,25,30). The quantitative estimate of drug-likeness (QED) is 0.543. The fourth-order valence-corrected chi connectivity index (χ4v) is 2.73. The summed E-state index contributed by atoms with van der Waals surface area (Å²) in [5.41, 5.74) is 0.753. The van der Waals surface area contributed by atoms with E-state index in [0.717, 1.165) is 12.1 Å². The molecule has 1 aromatic heterocycles. The predicted molar refractivity (Wildman–Crippen MR) is 110 cm³/mol. The van der Waals surface area contributed by atoms with Gasteiger partial charge in [0, 0.05) is 11.8 Å². The molecule has 0 bridgehead atoms. The summed E-state index contributed by atoms with van der Waals surface area (Å²) >= 11 is 0. The molecule has 0 aliphatic rings. The number of esters is 1. The Bertz CT molecular complexity index is 1160. The normalized spacial score (nSPS) is 10.5. The molecular weight excluding hydrogens is 424 g/mol. The van der Waals surface area contributed by atoms with Crippen LogP contribution in [0.4, 0.5) is 20.2 Å². The molecule has 11 heteroatoms. The van der Waals surface area contributed by atoms with E-state index >= 15 is 0 Å². The van der Waals surface area contributed by atoms with E-state index in [-0.39, 0.29) is 30.2 Å². The summed E-state index contributed by atoms with van der Waals surface area (Å²) in [6.07, 6.45) is 0. The molecular formula is C21H19F2N5O4. The number of anilines is 2. The zero-order valence-corrected chi connectivity index (χ0v) is 17.2. The molecule has 0 atom stereocenters. The maximum atomic E-state index is 13.7. The first-order valence-corrected chi connectivity index (χ1v) is 9.52. The van der Waals surface area contributed by atoms with Crippen LogP contribution in [0.2, 0.25) is 0 Å². The Morgan fingerprint density at radius 1 is 1.06 bits per heavy atom. The molecule has 32 heavy (non-hydrogen) atoms. The van der Waals surface area contributed by atoms with Gasteiger partial charge in [0.2, 0.25) is 5.91 Å². The third-order valence-electron chi connectivity index (χ3n) is 4.35. The van der Waals surface area contributed by atoms with Gasteiger partial charge in [-0.15, -0.1) is 5.10 Å². The first-order valence-electron chi connectivity index (χ1n) is 9.52. The molecule has 1 heterocycles. The minimum atomic E-state index is -0.934. The van der Waals surface area contributed by atoms with E-state index in [0.29, 0.717) is 17.3 Å². The first-order chi connectivity index (χ1) is 15.3. The van der Waals surface area contributed by atoms with Gasteiger partial charge in [-0.2, -0.15) is 0 Å². The lowest BCUT2D eigenvalue weighted by Crippen LogP contribution is -2.21. The number of nitrogens with zero attached hydrogens (tertiary/aromatic N) is 3. The molecule has 0 unspecified atom stereocenters. The van der Waals surface area contributed by atoms with Crippen molar-refractivity contribution in [3.63, 3.8) is 0 Å². The van der Waals surface area contributed by atoms with Crippen LogP contribution in [0, 0.1) is 18.6 Å². The highest BCUT2D eigenvalue weighted by Crippen LogP contribution is 2.17. The maximum absolute atomic E-state index is 13.7. The Kier molecular flexibility index (Phi) is 6.88. The molecule has 9 nitrogen and oxygen atoms in total. The number of aromatic nitrogens is 3. The molecule has 2 amide bonds. The second kappa shape index (κ2) is 9.77. The summed E-state index contributed by atoms with van der Waals surface area (Å²) in [5.74, 6) is -3.37. The number of benzene rings is 2. The van der Waals surface area contributed by atoms with Crippen LogP contribution in [0.1, 0.15) is 33.5 Å². The second-order valence-electron chi connectivity index (χ2n) is 6.61. The molecule has 2 aromatic carbocycles. The maximum Gasteiger partial charge on any atom is 0.338 e. The molecule has 0 aliphatic carbocycles. The molecule has 3 aromatic rings. The van der Waals surface area contributed by atoms with Gasteiger partial charge >= 0.3 is 5.97 Å². The third-order valence-corrected chi connectivity index (χ3v) is 4.35. The topological polar surface area (TPSA) is 115 Å². The van der Waals surface area contributed by atoms with Crippen LogP contribution in [-0.2, 0) is 16.1 Å². The Balaban J connectivity index is 1.63. The number of hydrogen-bond acceptors (Lipinski definition) is 6. The van der Waals surface area contributed by atoms with Gasteiger partial charge < -0.3 is 15.4 Å². The van der Waals surface area contributed by atoms with Crippen LogP contribution >= 0.6 is 0 Å². The van der Waals surface area contributed by atoms with E-state index in [4.69, 9.17) is 4.74 Å². The van der Waals surface area contributed by atoms with Crippen molar-refractivity contribution in [1.82, 2.24) is 15.0 Å². The lowest BCUT2D eigenvalue weighted by molar-refractivity contribution is -0.117. The van der Waals surface area contributed by atoms with E-state index in [9.17, 15) is 23.2 Å². The summed E-state index contributed by atoms with van der Waals surface area (Å²) in [6.45, 7) is 3.25. The predicted octanol–water partition coefficient (Wildman–Crippen LogP) is 2.93. The van der Waals surface area contributed by atoms with Crippen LogP contribution in [0.25, 0.3) is 0 Å². The van der Waals surface area contributed by atoms with Crippen molar-refractivity contribution in [2.75, 3.05) is 17.2 Å². The lowest BCUT2D eigenvalue weighted by Gasteiger charge is -2.08. The number of rotatable bonds is 7. The smallest absolute Gasteiger partial charge is 0.338 e. The Morgan fingerprint density at radius 3 is 2.44 bits per heavy atom. The molecule has 0 fully saturated rings. The van der Waals surface area contributed by atoms with Gasteiger partial charge in [-0.25, -0.2) is 18.3 Å². The highest BCUT2D eigenvalue weighted by molar-refractivity contribution is 6.03. The largest absolute Gasteiger partial charge is 0.462 e. The Morgan fingerprint density at radius 2 is 1.78 bits per heavy atom. The Hall–Kier alpha value is -4.15. The van der Waals surface area contributed by atoms with Crippen molar-refractivity contribution in [3.05, 3.63) is 71.1 Å². The zero-order valence-electron chi connectivity index (χ0n) is 17.2. The average Bonchev–Trinajstić information content (AvgIpc) is 3.11. The summed E-state index contributed by atoms with van der Waals surface area (Å²) < 4.78 is 32.9. The monoisotopic (exact) mass is 443 g/mol. The zero-order chi connectivity index (χ0) is 23.3. The lowest BCUT2D eigenvalue weighted by atomic mass is 10.2. The van der Waals surface area contributed by atoms with Crippen molar-refractivity contribution >= 4 is 29.2 Å². The third kappa shape index (κ3) is 5.31. The van der Waals surface area contributed by atoms with Gasteiger partial charge in [-0.1, -0.05) is 5.21 Å². The van der Waals surface area contributed by atoms with E-state index < -0.39 is 29.4 Å². The van der Waals surface area contributed by atoms with Crippen molar-refractivity contribution in [1.29, 1.82) is 0 Å². The Labute approximate surface area is 181 Å². The van der Waals surface area contributed by atoms with Gasteiger partial charge in [0.25, 0.3) is 5.91 Å². The van der Waals surface area contributed by atoms with Gasteiger partial charge in [0.1, 0.15) is 18.2 Å². The minimum absolute atomic E-state index is 0.111. The van der Waals surface area contributed by atoms with Crippen molar-refractivity contribution in [2.24, 2.45) is 0 Å². The number of nitrogens with one attached hydrogen (secondary N) is 2. The van der Waals surface area contributed by atoms with E-state index in [2.05, 4.69) is 20.9 Å². The number of carbonyl (C=O) groups is 3. The number of halogens is 2. The molecule has 3 rings (SSSR count). The molecule has 0 spiro atoms. The highest BCUT2D eigenvalue weighted by Gasteiger charge is 2.19. The molecule has 0 aliphatic heterocycles. The van der Waals surface area contributed by atoms with E-state index in [1.165, 1.54) is 23.7 Å². The second-order valence-corrected chi connectivity index (χ2v) is 6.61. The summed E-state index contributed by atoms with van der Waals surface area (Å²) in [5, 5.41) is 12.5. The van der Waals surface area contributed by atoms with Crippen molar-refractivity contribution in [3.8, 4) is 0 Å². The number of carbonyl (C=O) groups excluding carboxylic acids is 3. The first kappa shape index (κ1) is 22.5. The number of ether oxygens (including phenoxy) is 1. The summed E-state index contributed by atoms with van der Waals surface area (Å²) in [7, 11) is 0. The van der Waals surface area contributed by atoms with Gasteiger partial charge in [0.15, 0.2) is 5.69 Å². The van der Waals surface area contributed by atoms with E-state index in [1.54, 1.807) is 19.1 Å². The summed E-state index contributed by atoms with van der Waals surface area (Å²) in [6, 6.07) is 8.87. The summed E-state index contributed by atoms with van der Waals surface area (Å²) in [4.78, 5) is 36.4. The molecule has 166 valence electrons. The van der Waals surface area contributed by atoms with Crippen LogP contribution in [-0.4, -0.2) is 39.4 Å². The van der Waals surface area contributed by atoms with Crippen LogP contribution in [0.3, 0.4) is 0 Å².